The summed E-state index contributed by atoms with van der Waals surface area (Å²) < 4.78 is 17.8. The second kappa shape index (κ2) is 12.0. The Morgan fingerprint density at radius 1 is 0.921 bits per heavy atom. The molecule has 8 nitrogen and oxygen atoms in total. The molecule has 0 aromatic heterocycles. The highest BCUT2D eigenvalue weighted by Crippen LogP contribution is 2.38. The Balaban J connectivity index is 1.55. The summed E-state index contributed by atoms with van der Waals surface area (Å²) >= 11 is 0. The molecule has 0 bridgehead atoms. The molecule has 0 radical (unpaired) electrons. The number of benzene rings is 3. The summed E-state index contributed by atoms with van der Waals surface area (Å²) in [5.41, 5.74) is 0.908. The van der Waals surface area contributed by atoms with Gasteiger partial charge in [-0.15, -0.1) is 0 Å². The third-order valence-corrected chi connectivity index (χ3v) is 5.99. The first-order valence-corrected chi connectivity index (χ1v) is 12.7. The predicted molar refractivity (Wildman–Crippen MR) is 145 cm³/mol. The van der Waals surface area contributed by atoms with Gasteiger partial charge in [-0.05, 0) is 57.0 Å². The van der Waals surface area contributed by atoms with Crippen LogP contribution in [0.5, 0.6) is 17.2 Å². The standard InChI is InChI=1S/C30H34N2O6/c1-30(2,3)38-29(35)31-20-28(34)32(19-23(31)17-18-33)24-13-7-8-14-25(24)37-27-16-10-9-15-26(27)36-21-22-11-5-4-6-12-22/h4-16,23,33H,17-21H2,1-3H3/t23-/m0/s1. The number of carbonyl (C=O) groups is 2. The number of aliphatic hydroxyl groups is 1. The van der Waals surface area contributed by atoms with Crippen LogP contribution in [-0.2, 0) is 16.1 Å². The summed E-state index contributed by atoms with van der Waals surface area (Å²) in [5.74, 6) is 1.30. The summed E-state index contributed by atoms with van der Waals surface area (Å²) in [6.07, 6.45) is -0.264. The molecule has 1 aliphatic rings. The number of nitrogens with zero attached hydrogens (tertiary/aromatic N) is 2. The highest BCUT2D eigenvalue weighted by atomic mass is 16.6. The average Bonchev–Trinajstić information content (AvgIpc) is 2.89. The molecule has 1 aliphatic heterocycles. The van der Waals surface area contributed by atoms with Crippen LogP contribution in [0.1, 0.15) is 32.8 Å². The van der Waals surface area contributed by atoms with Crippen LogP contribution >= 0.6 is 0 Å². The Bertz CT molecular complexity index is 1240. The third-order valence-electron chi connectivity index (χ3n) is 5.99. The quantitative estimate of drug-likeness (QED) is 0.430. The molecule has 0 saturated carbocycles. The topological polar surface area (TPSA) is 88.5 Å². The van der Waals surface area contributed by atoms with Crippen molar-refractivity contribution < 1.29 is 28.9 Å². The van der Waals surface area contributed by atoms with Gasteiger partial charge >= 0.3 is 6.09 Å². The molecule has 0 unspecified atom stereocenters. The minimum absolute atomic E-state index is 0.129. The van der Waals surface area contributed by atoms with Crippen molar-refractivity contribution in [3.8, 4) is 17.2 Å². The summed E-state index contributed by atoms with van der Waals surface area (Å²) in [5, 5.41) is 9.67. The van der Waals surface area contributed by atoms with E-state index in [1.807, 2.05) is 66.7 Å². The number of amides is 2. The molecule has 4 rings (SSSR count). The van der Waals surface area contributed by atoms with Crippen LogP contribution in [0.2, 0.25) is 0 Å². The maximum absolute atomic E-state index is 13.3. The van der Waals surface area contributed by atoms with Crippen LogP contribution in [0.4, 0.5) is 10.5 Å². The summed E-state index contributed by atoms with van der Waals surface area (Å²) in [6, 6.07) is 24.1. The fourth-order valence-electron chi connectivity index (χ4n) is 4.21. The summed E-state index contributed by atoms with van der Waals surface area (Å²) in [7, 11) is 0. The molecular formula is C30H34N2O6. The Morgan fingerprint density at radius 2 is 1.55 bits per heavy atom. The first kappa shape index (κ1) is 27.0. The Labute approximate surface area is 223 Å². The number of carbonyl (C=O) groups excluding carboxylic acids is 2. The molecule has 1 heterocycles. The molecule has 2 amide bonds. The van der Waals surface area contributed by atoms with Gasteiger partial charge in [0.15, 0.2) is 17.2 Å². The van der Waals surface area contributed by atoms with Gasteiger partial charge in [0.1, 0.15) is 18.8 Å². The van der Waals surface area contributed by atoms with Gasteiger partial charge in [-0.2, -0.15) is 0 Å². The lowest BCUT2D eigenvalue weighted by atomic mass is 10.1. The van der Waals surface area contributed by atoms with Crippen LogP contribution in [0.3, 0.4) is 0 Å². The lowest BCUT2D eigenvalue weighted by Gasteiger charge is -2.41. The van der Waals surface area contributed by atoms with E-state index in [-0.39, 0.29) is 25.6 Å². The van der Waals surface area contributed by atoms with Crippen molar-refractivity contribution in [1.82, 2.24) is 4.90 Å². The van der Waals surface area contributed by atoms with E-state index in [4.69, 9.17) is 14.2 Å². The number of ether oxygens (including phenoxy) is 3. The van der Waals surface area contributed by atoms with Crippen molar-refractivity contribution >= 4 is 17.7 Å². The van der Waals surface area contributed by atoms with E-state index in [1.54, 1.807) is 37.8 Å². The average molecular weight is 519 g/mol. The van der Waals surface area contributed by atoms with Crippen molar-refractivity contribution in [2.24, 2.45) is 0 Å². The minimum atomic E-state index is -0.697. The number of aliphatic hydroxyl groups excluding tert-OH is 1. The van der Waals surface area contributed by atoms with Gasteiger partial charge in [0.2, 0.25) is 5.91 Å². The molecule has 1 atom stereocenters. The van der Waals surface area contributed by atoms with Crippen LogP contribution in [0.25, 0.3) is 0 Å². The van der Waals surface area contributed by atoms with E-state index in [0.29, 0.717) is 36.0 Å². The SMILES string of the molecule is CC(C)(C)OC(=O)N1CC(=O)N(c2ccccc2Oc2ccccc2OCc2ccccc2)C[C@@H]1CCO. The van der Waals surface area contributed by atoms with Gasteiger partial charge in [-0.25, -0.2) is 4.79 Å². The second-order valence-corrected chi connectivity index (χ2v) is 10.1. The third kappa shape index (κ3) is 6.83. The van der Waals surface area contributed by atoms with E-state index < -0.39 is 17.7 Å². The summed E-state index contributed by atoms with van der Waals surface area (Å²) in [6.45, 7) is 5.62. The molecule has 1 saturated heterocycles. The number of anilines is 1. The lowest BCUT2D eigenvalue weighted by molar-refractivity contribution is -0.122. The summed E-state index contributed by atoms with van der Waals surface area (Å²) in [4.78, 5) is 29.1. The number of para-hydroxylation sites is 4. The van der Waals surface area contributed by atoms with Gasteiger partial charge in [-0.1, -0.05) is 54.6 Å². The molecule has 3 aromatic carbocycles. The molecule has 1 fully saturated rings. The van der Waals surface area contributed by atoms with E-state index >= 15 is 0 Å². The van der Waals surface area contributed by atoms with Crippen molar-refractivity contribution in [2.75, 3.05) is 24.6 Å². The lowest BCUT2D eigenvalue weighted by Crippen LogP contribution is -2.59. The molecule has 1 N–H and O–H groups in total. The molecular weight excluding hydrogens is 484 g/mol. The van der Waals surface area contributed by atoms with Gasteiger partial charge in [0.05, 0.1) is 11.7 Å². The number of hydrogen-bond donors (Lipinski definition) is 1. The minimum Gasteiger partial charge on any atom is -0.485 e. The molecule has 0 spiro atoms. The van der Waals surface area contributed by atoms with Gasteiger partial charge in [-0.3, -0.25) is 9.69 Å². The molecule has 3 aromatic rings. The maximum atomic E-state index is 13.3. The fourth-order valence-corrected chi connectivity index (χ4v) is 4.21. The van der Waals surface area contributed by atoms with E-state index in [9.17, 15) is 14.7 Å². The van der Waals surface area contributed by atoms with Gasteiger partial charge in [0.25, 0.3) is 0 Å². The predicted octanol–water partition coefficient (Wildman–Crippen LogP) is 5.39. The monoisotopic (exact) mass is 518 g/mol. The normalized spacial score (nSPS) is 15.8. The largest absolute Gasteiger partial charge is 0.485 e. The molecule has 38 heavy (non-hydrogen) atoms. The van der Waals surface area contributed by atoms with Crippen molar-refractivity contribution in [3.63, 3.8) is 0 Å². The zero-order valence-electron chi connectivity index (χ0n) is 22.0. The van der Waals surface area contributed by atoms with Gasteiger partial charge < -0.3 is 24.2 Å². The second-order valence-electron chi connectivity index (χ2n) is 10.1. The van der Waals surface area contributed by atoms with Gasteiger partial charge in [0, 0.05) is 13.2 Å². The number of piperazine rings is 1. The first-order chi connectivity index (χ1) is 18.2. The highest BCUT2D eigenvalue weighted by Gasteiger charge is 2.38. The molecule has 8 heteroatoms. The Hall–Kier alpha value is -4.04. The number of rotatable bonds is 8. The Morgan fingerprint density at radius 3 is 2.24 bits per heavy atom. The smallest absolute Gasteiger partial charge is 0.411 e. The van der Waals surface area contributed by atoms with E-state index in [1.165, 1.54) is 4.90 Å². The van der Waals surface area contributed by atoms with Crippen molar-refractivity contribution in [3.05, 3.63) is 84.4 Å². The fraction of sp³-hybridized carbons (Fsp3) is 0.333. The zero-order chi connectivity index (χ0) is 27.1. The van der Waals surface area contributed by atoms with Crippen LogP contribution in [-0.4, -0.2) is 53.3 Å². The zero-order valence-corrected chi connectivity index (χ0v) is 22.0. The van der Waals surface area contributed by atoms with Crippen LogP contribution in [0, 0.1) is 0 Å². The van der Waals surface area contributed by atoms with E-state index in [2.05, 4.69) is 0 Å². The molecule has 200 valence electrons. The first-order valence-electron chi connectivity index (χ1n) is 12.7. The molecule has 0 aliphatic carbocycles. The Kier molecular flexibility index (Phi) is 8.53. The van der Waals surface area contributed by atoms with Crippen molar-refractivity contribution in [1.29, 1.82) is 0 Å². The van der Waals surface area contributed by atoms with E-state index in [0.717, 1.165) is 5.56 Å². The van der Waals surface area contributed by atoms with Crippen LogP contribution < -0.4 is 14.4 Å². The highest BCUT2D eigenvalue weighted by molar-refractivity contribution is 5.98. The van der Waals surface area contributed by atoms with Crippen molar-refractivity contribution in [2.45, 2.75) is 45.4 Å². The number of hydrogen-bond acceptors (Lipinski definition) is 6. The maximum Gasteiger partial charge on any atom is 0.411 e. The van der Waals surface area contributed by atoms with Crippen LogP contribution in [0.15, 0.2) is 78.9 Å².